The van der Waals surface area contributed by atoms with Crippen LogP contribution in [-0.4, -0.2) is 29.3 Å². The van der Waals surface area contributed by atoms with E-state index in [4.69, 9.17) is 0 Å². The van der Waals surface area contributed by atoms with Crippen molar-refractivity contribution in [1.82, 2.24) is 14.3 Å². The second-order valence-electron chi connectivity index (χ2n) is 5.15. The monoisotopic (exact) mass is 349 g/mol. The van der Waals surface area contributed by atoms with Crippen molar-refractivity contribution in [3.63, 3.8) is 0 Å². The Hall–Kier alpha value is -0.400. The number of halogens is 1. The van der Waals surface area contributed by atoms with Crippen molar-refractivity contribution in [3.05, 3.63) is 12.0 Å². The molecule has 1 aromatic rings. The maximum atomic E-state index is 12.1. The van der Waals surface area contributed by atoms with Crippen LogP contribution in [0.4, 0.5) is 0 Å². The van der Waals surface area contributed by atoms with Gasteiger partial charge in [0.1, 0.15) is 5.82 Å². The number of nitrogens with one attached hydrogen (secondary N) is 1. The van der Waals surface area contributed by atoms with E-state index in [0.29, 0.717) is 23.1 Å². The first-order valence-corrected chi connectivity index (χ1v) is 8.94. The van der Waals surface area contributed by atoms with Gasteiger partial charge in [-0.2, -0.15) is 0 Å². The fourth-order valence-electron chi connectivity index (χ4n) is 2.34. The Morgan fingerprint density at radius 1 is 1.47 bits per heavy atom. The van der Waals surface area contributed by atoms with Crippen molar-refractivity contribution in [2.75, 3.05) is 6.54 Å². The Morgan fingerprint density at radius 2 is 2.16 bits per heavy atom. The molecule has 2 rings (SSSR count). The molecule has 1 aliphatic rings. The van der Waals surface area contributed by atoms with Crippen LogP contribution in [0.15, 0.2) is 11.2 Å². The van der Waals surface area contributed by atoms with Crippen LogP contribution in [0, 0.1) is 12.8 Å². The third-order valence-corrected chi connectivity index (χ3v) is 6.21. The molecule has 1 saturated carbocycles. The zero-order valence-corrected chi connectivity index (χ0v) is 13.7. The highest BCUT2D eigenvalue weighted by Crippen LogP contribution is 2.29. The molecule has 1 aromatic heterocycles. The predicted molar refractivity (Wildman–Crippen MR) is 77.8 cm³/mol. The van der Waals surface area contributed by atoms with Gasteiger partial charge in [0.05, 0.1) is 0 Å². The highest BCUT2D eigenvalue weighted by atomic mass is 79.9. The van der Waals surface area contributed by atoms with E-state index >= 15 is 0 Å². The van der Waals surface area contributed by atoms with Gasteiger partial charge in [0, 0.05) is 24.6 Å². The molecule has 0 spiro atoms. The van der Waals surface area contributed by atoms with E-state index in [0.717, 1.165) is 12.8 Å². The zero-order valence-electron chi connectivity index (χ0n) is 11.3. The Bertz CT molecular complexity index is 522. The van der Waals surface area contributed by atoms with Crippen LogP contribution in [0.2, 0.25) is 0 Å². The van der Waals surface area contributed by atoms with Crippen LogP contribution in [0.3, 0.4) is 0 Å². The lowest BCUT2D eigenvalue weighted by Gasteiger charge is -2.27. The molecule has 2 unspecified atom stereocenters. The molecule has 0 aliphatic heterocycles. The predicted octanol–water partition coefficient (Wildman–Crippen LogP) is 1.96. The molecular weight excluding hydrogens is 330 g/mol. The van der Waals surface area contributed by atoms with E-state index in [-0.39, 0.29) is 5.03 Å². The number of alkyl halides is 1. The van der Waals surface area contributed by atoms with Crippen LogP contribution in [0.25, 0.3) is 0 Å². The van der Waals surface area contributed by atoms with Gasteiger partial charge in [-0.1, -0.05) is 28.8 Å². The summed E-state index contributed by atoms with van der Waals surface area (Å²) in [6.07, 6.45) is 6.13. The van der Waals surface area contributed by atoms with E-state index in [1.54, 1.807) is 24.7 Å². The van der Waals surface area contributed by atoms with Crippen molar-refractivity contribution < 1.29 is 8.42 Å². The smallest absolute Gasteiger partial charge is 0.259 e. The summed E-state index contributed by atoms with van der Waals surface area (Å²) in [6.45, 7) is 2.27. The lowest BCUT2D eigenvalue weighted by atomic mass is 9.89. The van der Waals surface area contributed by atoms with E-state index in [1.165, 1.54) is 12.8 Å². The second-order valence-corrected chi connectivity index (χ2v) is 8.04. The largest absolute Gasteiger partial charge is 0.337 e. The summed E-state index contributed by atoms with van der Waals surface area (Å²) in [5.41, 5.74) is 0. The third kappa shape index (κ3) is 3.58. The van der Waals surface area contributed by atoms with E-state index in [1.807, 2.05) is 0 Å². The van der Waals surface area contributed by atoms with Crippen LogP contribution >= 0.6 is 15.9 Å². The molecule has 0 saturated heterocycles. The Kier molecular flexibility index (Phi) is 4.68. The highest BCUT2D eigenvalue weighted by Gasteiger charge is 2.25. The minimum Gasteiger partial charge on any atom is -0.337 e. The van der Waals surface area contributed by atoms with Gasteiger partial charge in [-0.25, -0.2) is 18.1 Å². The minimum absolute atomic E-state index is 0.106. The number of hydrogen-bond acceptors (Lipinski definition) is 3. The van der Waals surface area contributed by atoms with Crippen molar-refractivity contribution in [1.29, 1.82) is 0 Å². The lowest BCUT2D eigenvalue weighted by molar-refractivity contribution is 0.373. The molecular formula is C12H20BrN3O2S. The average Bonchev–Trinajstić information content (AvgIpc) is 2.70. The zero-order chi connectivity index (χ0) is 14.0. The maximum absolute atomic E-state index is 12.1. The molecule has 0 amide bonds. The molecule has 108 valence electrons. The summed E-state index contributed by atoms with van der Waals surface area (Å²) in [4.78, 5) is 4.48. The fourth-order valence-corrected chi connectivity index (χ4v) is 4.24. The van der Waals surface area contributed by atoms with Gasteiger partial charge in [-0.05, 0) is 25.7 Å². The van der Waals surface area contributed by atoms with E-state index < -0.39 is 10.0 Å². The van der Waals surface area contributed by atoms with Crippen LogP contribution in [0.1, 0.15) is 31.5 Å². The first-order chi connectivity index (χ1) is 8.90. The lowest BCUT2D eigenvalue weighted by Crippen LogP contribution is -2.34. The van der Waals surface area contributed by atoms with Crippen molar-refractivity contribution in [3.8, 4) is 0 Å². The molecule has 1 fully saturated rings. The number of nitrogens with zero attached hydrogens (tertiary/aromatic N) is 2. The fraction of sp³-hybridized carbons (Fsp3) is 0.750. The number of imidazole rings is 1. The number of rotatable bonds is 4. The number of aryl methyl sites for hydroxylation is 2. The van der Waals surface area contributed by atoms with Crippen LogP contribution < -0.4 is 4.72 Å². The number of sulfonamides is 1. The molecule has 1 aliphatic carbocycles. The molecule has 0 bridgehead atoms. The van der Waals surface area contributed by atoms with Gasteiger partial charge in [0.2, 0.25) is 0 Å². The molecule has 7 heteroatoms. The number of aromatic nitrogens is 2. The molecule has 19 heavy (non-hydrogen) atoms. The van der Waals surface area contributed by atoms with E-state index in [9.17, 15) is 8.42 Å². The number of hydrogen-bond donors (Lipinski definition) is 1. The quantitative estimate of drug-likeness (QED) is 0.845. The van der Waals surface area contributed by atoms with Gasteiger partial charge < -0.3 is 4.57 Å². The summed E-state index contributed by atoms with van der Waals surface area (Å²) in [5, 5.41) is 0.106. The van der Waals surface area contributed by atoms with Crippen LogP contribution in [0.5, 0.6) is 0 Å². The van der Waals surface area contributed by atoms with Gasteiger partial charge in [0.15, 0.2) is 5.03 Å². The van der Waals surface area contributed by atoms with Crippen molar-refractivity contribution in [2.24, 2.45) is 13.0 Å². The summed E-state index contributed by atoms with van der Waals surface area (Å²) in [6, 6.07) is 0. The molecule has 0 radical (unpaired) electrons. The van der Waals surface area contributed by atoms with Gasteiger partial charge in [0.25, 0.3) is 10.0 Å². The first kappa shape index (κ1) is 15.0. The normalized spacial score (nSPS) is 24.6. The Balaban J connectivity index is 2.01. The summed E-state index contributed by atoms with van der Waals surface area (Å²) < 4.78 is 28.7. The maximum Gasteiger partial charge on any atom is 0.259 e. The third-order valence-electron chi connectivity index (χ3n) is 3.71. The first-order valence-electron chi connectivity index (χ1n) is 6.54. The SMILES string of the molecule is Cc1nc(S(=O)(=O)NCC2CCCCC2Br)cn1C. The molecule has 0 aromatic carbocycles. The second kappa shape index (κ2) is 5.93. The van der Waals surface area contributed by atoms with Crippen LogP contribution in [-0.2, 0) is 17.1 Å². The molecule has 1 N–H and O–H groups in total. The van der Waals surface area contributed by atoms with Gasteiger partial charge in [-0.3, -0.25) is 0 Å². The van der Waals surface area contributed by atoms with Crippen molar-refractivity contribution in [2.45, 2.75) is 42.5 Å². The average molecular weight is 350 g/mol. The van der Waals surface area contributed by atoms with E-state index in [2.05, 4.69) is 25.6 Å². The molecule has 1 heterocycles. The van der Waals surface area contributed by atoms with Crippen molar-refractivity contribution >= 4 is 26.0 Å². The summed E-state index contributed by atoms with van der Waals surface area (Å²) in [7, 11) is -1.70. The molecule has 2 atom stereocenters. The van der Waals surface area contributed by atoms with Gasteiger partial charge >= 0.3 is 0 Å². The Morgan fingerprint density at radius 3 is 2.74 bits per heavy atom. The minimum atomic E-state index is -3.49. The van der Waals surface area contributed by atoms with Gasteiger partial charge in [-0.15, -0.1) is 0 Å². The Labute approximate surface area is 123 Å². The standard InChI is InChI=1S/C12H20BrN3O2S/c1-9-15-12(8-16(9)2)19(17,18)14-7-10-5-3-4-6-11(10)13/h8,10-11,14H,3-7H2,1-2H3. The highest BCUT2D eigenvalue weighted by molar-refractivity contribution is 9.09. The summed E-state index contributed by atoms with van der Waals surface area (Å²) in [5.74, 6) is 1.06. The molecule has 5 nitrogen and oxygen atoms in total. The summed E-state index contributed by atoms with van der Waals surface area (Å²) >= 11 is 3.64. The topological polar surface area (TPSA) is 64.0 Å².